The van der Waals surface area contributed by atoms with E-state index in [9.17, 15) is 4.79 Å². The summed E-state index contributed by atoms with van der Waals surface area (Å²) >= 11 is 8.22. The third kappa shape index (κ3) is 6.80. The minimum absolute atomic E-state index is 0.115. The Morgan fingerprint density at radius 2 is 1.74 bits per heavy atom. The molecule has 6 nitrogen and oxygen atoms in total. The Morgan fingerprint density at radius 3 is 2.56 bits per heavy atom. The van der Waals surface area contributed by atoms with Crippen molar-refractivity contribution < 1.29 is 9.53 Å². The van der Waals surface area contributed by atoms with Crippen LogP contribution >= 0.6 is 35.3 Å². The summed E-state index contributed by atoms with van der Waals surface area (Å²) in [6, 6.07) is 25.2. The molecule has 0 saturated heterocycles. The quantitative estimate of drug-likeness (QED) is 0.190. The molecule has 1 heterocycles. The molecule has 172 valence electrons. The molecule has 0 aliphatic carbocycles. The first-order valence-electron chi connectivity index (χ1n) is 10.3. The van der Waals surface area contributed by atoms with Crippen molar-refractivity contribution in [1.82, 2.24) is 4.98 Å². The number of para-hydroxylation sites is 1. The van der Waals surface area contributed by atoms with E-state index >= 15 is 0 Å². The van der Waals surface area contributed by atoms with Gasteiger partial charge in [-0.05, 0) is 54.7 Å². The van der Waals surface area contributed by atoms with Crippen LogP contribution in [0.15, 0.2) is 89.1 Å². The molecule has 3 N–H and O–H groups in total. The average molecular weight is 507 g/mol. The summed E-state index contributed by atoms with van der Waals surface area (Å²) in [7, 11) is 1.63. The first-order valence-corrected chi connectivity index (χ1v) is 12.6. The maximum absolute atomic E-state index is 12.5. The van der Waals surface area contributed by atoms with Crippen molar-refractivity contribution in [2.45, 2.75) is 4.90 Å². The second-order valence-corrected chi connectivity index (χ2v) is 9.39. The van der Waals surface area contributed by atoms with Gasteiger partial charge in [0.05, 0.1) is 18.6 Å². The number of hydrogen-bond acceptors (Lipinski definition) is 6. The second-order valence-electron chi connectivity index (χ2n) is 7.08. The zero-order chi connectivity index (χ0) is 23.8. The minimum atomic E-state index is -0.115. The molecule has 0 aliphatic heterocycles. The summed E-state index contributed by atoms with van der Waals surface area (Å²) in [5.74, 6) is 0.918. The van der Waals surface area contributed by atoms with E-state index in [1.54, 1.807) is 7.11 Å². The molecule has 0 unspecified atom stereocenters. The number of nitrogens with one attached hydrogen (secondary N) is 3. The van der Waals surface area contributed by atoms with Crippen molar-refractivity contribution in [2.75, 3.05) is 28.8 Å². The van der Waals surface area contributed by atoms with E-state index in [-0.39, 0.29) is 11.7 Å². The van der Waals surface area contributed by atoms with Crippen LogP contribution in [-0.4, -0.2) is 28.9 Å². The normalized spacial score (nSPS) is 10.4. The van der Waals surface area contributed by atoms with Crippen molar-refractivity contribution in [2.24, 2.45) is 0 Å². The van der Waals surface area contributed by atoms with Gasteiger partial charge < -0.3 is 20.7 Å². The van der Waals surface area contributed by atoms with E-state index in [0.29, 0.717) is 10.2 Å². The topological polar surface area (TPSA) is 75.3 Å². The van der Waals surface area contributed by atoms with Gasteiger partial charge in [-0.3, -0.25) is 4.79 Å². The van der Waals surface area contributed by atoms with Gasteiger partial charge in [0.15, 0.2) is 10.2 Å². The van der Waals surface area contributed by atoms with Crippen LogP contribution in [0.5, 0.6) is 5.75 Å². The number of thiocarbonyl (C=S) groups is 1. The van der Waals surface area contributed by atoms with Crippen molar-refractivity contribution in [3.05, 3.63) is 84.2 Å². The molecule has 9 heteroatoms. The number of thiazole rings is 1. The molecule has 0 saturated carbocycles. The number of ether oxygens (including phenoxy) is 1. The van der Waals surface area contributed by atoms with Crippen LogP contribution in [0.25, 0.3) is 11.3 Å². The molecule has 1 amide bonds. The highest BCUT2D eigenvalue weighted by Gasteiger charge is 2.10. The summed E-state index contributed by atoms with van der Waals surface area (Å²) in [4.78, 5) is 17.9. The van der Waals surface area contributed by atoms with Gasteiger partial charge in [-0.25, -0.2) is 4.98 Å². The number of amides is 1. The fraction of sp³-hybridized carbons (Fsp3) is 0.0800. The zero-order valence-corrected chi connectivity index (χ0v) is 20.7. The fourth-order valence-electron chi connectivity index (χ4n) is 3.03. The Kier molecular flexibility index (Phi) is 8.13. The third-order valence-corrected chi connectivity index (χ3v) is 6.57. The predicted molar refractivity (Wildman–Crippen MR) is 146 cm³/mol. The standard InChI is InChI=1S/C25H22N4O2S3/c1-31-20-11-5-7-17(13-20)22-15-34-25(28-22)29-23(30)16-33-21-12-6-10-19(14-21)27-24(32)26-18-8-3-2-4-9-18/h2-15H,16H2,1H3,(H2,26,27,32)(H,28,29,30). The first-order chi connectivity index (χ1) is 16.6. The lowest BCUT2D eigenvalue weighted by atomic mass is 10.2. The van der Waals surface area contributed by atoms with Crippen LogP contribution in [-0.2, 0) is 4.79 Å². The molecule has 34 heavy (non-hydrogen) atoms. The highest BCUT2D eigenvalue weighted by atomic mass is 32.2. The van der Waals surface area contributed by atoms with Gasteiger partial charge in [-0.2, -0.15) is 0 Å². The number of methoxy groups -OCH3 is 1. The van der Waals surface area contributed by atoms with E-state index in [1.165, 1.54) is 23.1 Å². The van der Waals surface area contributed by atoms with Crippen LogP contribution in [0, 0.1) is 0 Å². The number of anilines is 3. The Hall–Kier alpha value is -3.40. The van der Waals surface area contributed by atoms with E-state index < -0.39 is 0 Å². The van der Waals surface area contributed by atoms with E-state index in [2.05, 4.69) is 20.9 Å². The number of carbonyl (C=O) groups is 1. The number of aromatic nitrogens is 1. The average Bonchev–Trinajstić information content (AvgIpc) is 3.32. The third-order valence-electron chi connectivity index (χ3n) is 4.61. The molecule has 0 radical (unpaired) electrons. The van der Waals surface area contributed by atoms with Crippen LogP contribution in [0.3, 0.4) is 0 Å². The van der Waals surface area contributed by atoms with Gasteiger partial charge in [0.25, 0.3) is 0 Å². The van der Waals surface area contributed by atoms with E-state index in [0.717, 1.165) is 33.3 Å². The molecule has 4 aromatic rings. The smallest absolute Gasteiger partial charge is 0.236 e. The van der Waals surface area contributed by atoms with Gasteiger partial charge in [0, 0.05) is 27.2 Å². The van der Waals surface area contributed by atoms with E-state index in [1.807, 2.05) is 84.2 Å². The number of benzene rings is 3. The first kappa shape index (κ1) is 23.7. The maximum atomic E-state index is 12.5. The Labute approximate surface area is 211 Å². The predicted octanol–water partition coefficient (Wildman–Crippen LogP) is 6.36. The monoisotopic (exact) mass is 506 g/mol. The molecule has 4 rings (SSSR count). The van der Waals surface area contributed by atoms with Crippen molar-refractivity contribution >= 4 is 62.8 Å². The molecule has 0 aliphatic rings. The molecule has 0 fully saturated rings. The SMILES string of the molecule is COc1cccc(-c2csc(NC(=O)CSc3cccc(NC(=S)Nc4ccccc4)c3)n2)c1. The molecule has 1 aromatic heterocycles. The zero-order valence-electron chi connectivity index (χ0n) is 18.3. The summed E-state index contributed by atoms with van der Waals surface area (Å²) in [5.41, 5.74) is 3.50. The molecule has 3 aromatic carbocycles. The molecular weight excluding hydrogens is 485 g/mol. The Balaban J connectivity index is 1.29. The molecule has 0 bridgehead atoms. The number of carbonyl (C=O) groups excluding carboxylic acids is 1. The number of thioether (sulfide) groups is 1. The van der Waals surface area contributed by atoms with Crippen LogP contribution in [0.4, 0.5) is 16.5 Å². The largest absolute Gasteiger partial charge is 0.497 e. The molecule has 0 spiro atoms. The maximum Gasteiger partial charge on any atom is 0.236 e. The van der Waals surface area contributed by atoms with Crippen molar-refractivity contribution in [3.8, 4) is 17.0 Å². The summed E-state index contributed by atoms with van der Waals surface area (Å²) in [6.07, 6.45) is 0. The lowest BCUT2D eigenvalue weighted by molar-refractivity contribution is -0.113. The van der Waals surface area contributed by atoms with E-state index in [4.69, 9.17) is 17.0 Å². The summed E-state index contributed by atoms with van der Waals surface area (Å²) < 4.78 is 5.27. The van der Waals surface area contributed by atoms with Crippen LogP contribution in [0.2, 0.25) is 0 Å². The second kappa shape index (κ2) is 11.6. The van der Waals surface area contributed by atoms with Crippen LogP contribution in [0.1, 0.15) is 0 Å². The lowest BCUT2D eigenvalue weighted by Gasteiger charge is -2.11. The Morgan fingerprint density at radius 1 is 0.971 bits per heavy atom. The highest BCUT2D eigenvalue weighted by molar-refractivity contribution is 8.00. The highest BCUT2D eigenvalue weighted by Crippen LogP contribution is 2.28. The number of hydrogen-bond donors (Lipinski definition) is 3. The molecule has 0 atom stereocenters. The summed E-state index contributed by atoms with van der Waals surface area (Å²) in [5, 5.41) is 12.2. The number of rotatable bonds is 8. The van der Waals surface area contributed by atoms with Crippen molar-refractivity contribution in [3.63, 3.8) is 0 Å². The summed E-state index contributed by atoms with van der Waals surface area (Å²) in [6.45, 7) is 0. The van der Waals surface area contributed by atoms with Gasteiger partial charge in [-0.1, -0.05) is 36.4 Å². The minimum Gasteiger partial charge on any atom is -0.497 e. The number of nitrogens with zero attached hydrogens (tertiary/aromatic N) is 1. The van der Waals surface area contributed by atoms with Crippen molar-refractivity contribution in [1.29, 1.82) is 0 Å². The Bertz CT molecular complexity index is 1280. The van der Waals surface area contributed by atoms with Gasteiger partial charge in [0.2, 0.25) is 5.91 Å². The molecular formula is C25H22N4O2S3. The van der Waals surface area contributed by atoms with Gasteiger partial charge in [-0.15, -0.1) is 23.1 Å². The lowest BCUT2D eigenvalue weighted by Crippen LogP contribution is -2.19. The van der Waals surface area contributed by atoms with Crippen LogP contribution < -0.4 is 20.7 Å². The van der Waals surface area contributed by atoms with Gasteiger partial charge in [0.1, 0.15) is 5.75 Å². The van der Waals surface area contributed by atoms with Gasteiger partial charge >= 0.3 is 0 Å². The fourth-order valence-corrected chi connectivity index (χ4v) is 4.76.